The summed E-state index contributed by atoms with van der Waals surface area (Å²) in [4.78, 5) is 80.9. The Morgan fingerprint density at radius 3 is 1.49 bits per heavy atom. The van der Waals surface area contributed by atoms with Crippen LogP contribution >= 0.6 is 11.8 Å². The van der Waals surface area contributed by atoms with Crippen LogP contribution in [0.2, 0.25) is 0 Å². The molecule has 0 saturated heterocycles. The average molecular weight is 1670 g/mol. The van der Waals surface area contributed by atoms with Gasteiger partial charge < -0.3 is 42.7 Å². The van der Waals surface area contributed by atoms with E-state index in [9.17, 15) is 19.2 Å². The molecule has 2 unspecified atom stereocenters. The van der Waals surface area contributed by atoms with Crippen LogP contribution in [-0.2, 0) is 83.1 Å². The van der Waals surface area contributed by atoms with E-state index in [1.54, 1.807) is 85.6 Å². The van der Waals surface area contributed by atoms with E-state index in [2.05, 4.69) is 184 Å². The van der Waals surface area contributed by atoms with Crippen LogP contribution in [0, 0.1) is 16.7 Å². The fraction of sp³-hybridized carbons (Fsp3) is 0.298. The van der Waals surface area contributed by atoms with Gasteiger partial charge in [-0.05, 0) is 212 Å². The highest BCUT2D eigenvalue weighted by Crippen LogP contribution is 2.48. The van der Waals surface area contributed by atoms with Gasteiger partial charge in [0.25, 0.3) is 17.7 Å². The lowest BCUT2D eigenvalue weighted by atomic mass is 9.92. The van der Waals surface area contributed by atoms with E-state index in [0.29, 0.717) is 23.8 Å². The molecule has 27 nitrogen and oxygen atoms in total. The van der Waals surface area contributed by atoms with Crippen LogP contribution in [0.15, 0.2) is 218 Å². The molecule has 0 bridgehead atoms. The molecule has 7 aromatic carbocycles. The third kappa shape index (κ3) is 25.5. The van der Waals surface area contributed by atoms with E-state index in [1.807, 2.05) is 97.3 Å². The average Bonchev–Trinajstić information content (AvgIpc) is 1.63. The van der Waals surface area contributed by atoms with Crippen LogP contribution < -0.4 is 36.1 Å². The number of aromatic amines is 1. The monoisotopic (exact) mass is 1670 g/mol. The van der Waals surface area contributed by atoms with Crippen LogP contribution in [0.1, 0.15) is 108 Å². The number of thioether (sulfide) groups is 1. The Balaban J connectivity index is 0.000000161. The fourth-order valence-electron chi connectivity index (χ4n) is 15.1. The van der Waals surface area contributed by atoms with Gasteiger partial charge in [-0.2, -0.15) is 0 Å². The van der Waals surface area contributed by atoms with Crippen molar-refractivity contribution in [1.82, 2.24) is 80.3 Å². The second-order valence-corrected chi connectivity index (χ2v) is 33.0. The van der Waals surface area contributed by atoms with Crippen LogP contribution in [0.4, 0.5) is 0 Å². The minimum absolute atomic E-state index is 0.0664. The van der Waals surface area contributed by atoms with Gasteiger partial charge in [0.15, 0.2) is 16.7 Å². The van der Waals surface area contributed by atoms with Gasteiger partial charge in [0.05, 0.1) is 65.5 Å². The summed E-state index contributed by atoms with van der Waals surface area (Å²) in [5, 5.41) is 35.8. The maximum Gasteiger partial charge on any atom is 0.267 e. The van der Waals surface area contributed by atoms with Crippen LogP contribution in [0.25, 0.3) is 62.4 Å². The summed E-state index contributed by atoms with van der Waals surface area (Å²) in [5.41, 5.74) is 23.8. The Morgan fingerprint density at radius 1 is 0.492 bits per heavy atom. The molecule has 28 heteroatoms. The molecule has 122 heavy (non-hydrogen) atoms. The van der Waals surface area contributed by atoms with E-state index < -0.39 is 17.7 Å². The molecule has 1 aliphatic rings. The second kappa shape index (κ2) is 43.0. The number of carbonyl (C=O) groups is 4. The zero-order valence-corrected chi connectivity index (χ0v) is 71.6. The first-order valence-corrected chi connectivity index (χ1v) is 41.2. The summed E-state index contributed by atoms with van der Waals surface area (Å²) in [6.45, 7) is 13.3. The number of pyridine rings is 2. The van der Waals surface area contributed by atoms with Crippen LogP contribution in [0.5, 0.6) is 17.2 Å². The molecule has 2 atom stereocenters. The number of rotatable bonds is 33. The Hall–Kier alpha value is -12.7. The topological polar surface area (TPSA) is 339 Å². The maximum atomic E-state index is 11.8. The van der Waals surface area contributed by atoms with Crippen LogP contribution in [0.3, 0.4) is 0 Å². The van der Waals surface area contributed by atoms with Crippen molar-refractivity contribution in [2.24, 2.45) is 16.7 Å². The summed E-state index contributed by atoms with van der Waals surface area (Å²) in [6.07, 6.45) is 21.8. The Kier molecular flexibility index (Phi) is 31.8. The standard InChI is InChI=1S/C29H31N3O5.C24H31N5O2.C24H30N4O2S.C17H16N4O2/c1-35-25-13-19(14-26(36-2)28(25)37-3)17-32-24-11-10-20(21-16-22(21)29(33)31-34)15-23(24)30-27(32)12-9-18-7-5-4-6-8-18;1-24(2,16-28(3)4)17-29-21-10-7-18(9-12-23(30)27-31)14-20(21)26-22(29)11-8-19-6-5-13-25-15-19;1-24(2,16-27(3)4)17-28-21-12-10-18(11-13-22(29)26-30)14-20(21)25-23(28)31-15-19-8-6-5-7-9-19;22-17(21-23)8-5-12-3-6-14-15(10-12)20-16(19-14)7-4-13-2-1-9-18-11-13/h4-8,10-11,13-15,21-22,34H,9,12,16-17H2,1-3H3,(H,31,33);5-7,9-10,12-15,31H,8,11,16-17H2,1-4H3,(H,27,30);5-14,30H,15-17H2,1-4H3,(H,26,29);1-3,5-6,8-11,23H,4,7H2,(H,19,20)(H,21,22)/b;12-9+;13-11+;8-5+. The molecule has 13 aromatic rings. The summed E-state index contributed by atoms with van der Waals surface area (Å²) in [5.74, 6) is 3.45. The molecular formula is C94H108N16O11S. The molecule has 6 aromatic heterocycles. The molecule has 9 N–H and O–H groups in total. The third-order valence-corrected chi connectivity index (χ3v) is 21.5. The summed E-state index contributed by atoms with van der Waals surface area (Å²) in [7, 11) is 13.2. The molecule has 4 amide bonds. The zero-order chi connectivity index (χ0) is 86.9. The molecule has 0 radical (unpaired) electrons. The van der Waals surface area contributed by atoms with Gasteiger partial charge in [-0.3, -0.25) is 50.0 Å². The number of hydroxylamine groups is 4. The van der Waals surface area contributed by atoms with Gasteiger partial charge in [0.2, 0.25) is 11.7 Å². The SMILES string of the molecule is CN(C)CC(C)(C)Cn1c(CCc2cccnc2)nc2cc(/C=C/C(=O)NO)ccc21.CN(C)CC(C)(C)Cn1c(SCc2ccccc2)nc2cc(/C=C/C(=O)NO)ccc21.COc1cc(Cn2c(CCc3ccccc3)nc3cc(C4CC4C(=O)NO)ccc32)cc(OC)c1OC.O=C(/C=C/c1ccc2nc(CCc3cccnc3)[nH]c2c1)NO. The van der Waals surface area contributed by atoms with Crippen molar-refractivity contribution in [1.29, 1.82) is 0 Å². The molecular weight excluding hydrogens is 1560 g/mol. The van der Waals surface area contributed by atoms with E-state index in [-0.39, 0.29) is 28.6 Å². The number of ether oxygens (including phenoxy) is 3. The summed E-state index contributed by atoms with van der Waals surface area (Å²) >= 11 is 1.74. The highest BCUT2D eigenvalue weighted by atomic mass is 32.2. The van der Waals surface area contributed by atoms with E-state index in [4.69, 9.17) is 50.0 Å². The van der Waals surface area contributed by atoms with Crippen molar-refractivity contribution in [3.63, 3.8) is 0 Å². The highest BCUT2D eigenvalue weighted by molar-refractivity contribution is 7.98. The van der Waals surface area contributed by atoms with E-state index in [0.717, 1.165) is 171 Å². The zero-order valence-electron chi connectivity index (χ0n) is 70.8. The molecule has 1 aliphatic carbocycles. The Morgan fingerprint density at radius 2 is 0.967 bits per heavy atom. The predicted molar refractivity (Wildman–Crippen MR) is 476 cm³/mol. The number of nitrogens with zero attached hydrogens (tertiary/aromatic N) is 11. The van der Waals surface area contributed by atoms with E-state index >= 15 is 0 Å². The number of hydrogen-bond donors (Lipinski definition) is 9. The van der Waals surface area contributed by atoms with Gasteiger partial charge in [-0.25, -0.2) is 41.9 Å². The summed E-state index contributed by atoms with van der Waals surface area (Å²) in [6, 6.07) is 56.6. The fourth-order valence-corrected chi connectivity index (χ4v) is 16.1. The van der Waals surface area contributed by atoms with Crippen molar-refractivity contribution < 1.29 is 54.2 Å². The molecule has 1 fully saturated rings. The number of H-pyrrole nitrogens is 1. The maximum absolute atomic E-state index is 11.8. The molecule has 6 heterocycles. The normalized spacial score (nSPS) is 13.3. The first-order valence-electron chi connectivity index (χ1n) is 40.2. The van der Waals surface area contributed by atoms with Crippen molar-refractivity contribution in [2.75, 3.05) is 62.6 Å². The van der Waals surface area contributed by atoms with Gasteiger partial charge in [-0.15, -0.1) is 0 Å². The minimum atomic E-state index is -0.563. The molecule has 14 rings (SSSR count). The number of aryl methyl sites for hydroxylation is 6. The molecule has 0 aliphatic heterocycles. The van der Waals surface area contributed by atoms with Crippen molar-refractivity contribution in [3.05, 3.63) is 280 Å². The smallest absolute Gasteiger partial charge is 0.267 e. The first-order chi connectivity index (χ1) is 58.8. The minimum Gasteiger partial charge on any atom is -0.493 e. The Bertz CT molecular complexity index is 5570. The van der Waals surface area contributed by atoms with Crippen LogP contribution in [-0.4, -0.2) is 165 Å². The molecule has 636 valence electrons. The van der Waals surface area contributed by atoms with Gasteiger partial charge in [0.1, 0.15) is 17.5 Å². The predicted octanol–water partition coefficient (Wildman–Crippen LogP) is 14.5. The number of amides is 4. The third-order valence-electron chi connectivity index (χ3n) is 20.4. The number of imidazole rings is 4. The first kappa shape index (κ1) is 90.1. The summed E-state index contributed by atoms with van der Waals surface area (Å²) < 4.78 is 23.5. The van der Waals surface area contributed by atoms with Crippen molar-refractivity contribution >= 4 is 97.8 Å². The number of carbonyl (C=O) groups excluding carboxylic acids is 4. The largest absolute Gasteiger partial charge is 0.493 e. The quantitative estimate of drug-likeness (QED) is 0.00798. The Labute approximate surface area is 714 Å². The lowest BCUT2D eigenvalue weighted by Gasteiger charge is -2.29. The lowest BCUT2D eigenvalue weighted by Crippen LogP contribution is -2.32. The lowest BCUT2D eigenvalue weighted by molar-refractivity contribution is -0.130. The number of nitrogens with one attached hydrogen (secondary N) is 5. The molecule has 1 saturated carbocycles. The van der Waals surface area contributed by atoms with E-state index in [1.165, 1.54) is 40.5 Å². The number of fused-ring (bicyclic) bond motifs is 4. The molecule has 0 spiro atoms. The number of methoxy groups -OCH3 is 3. The van der Waals surface area contributed by atoms with Gasteiger partial charge >= 0.3 is 0 Å². The van der Waals surface area contributed by atoms with Crippen molar-refractivity contribution in [3.8, 4) is 17.2 Å². The highest BCUT2D eigenvalue weighted by Gasteiger charge is 2.44. The van der Waals surface area contributed by atoms with Crippen molar-refractivity contribution in [2.45, 2.75) is 109 Å². The van der Waals surface area contributed by atoms with Gasteiger partial charge in [-0.1, -0.05) is 137 Å². The number of aromatic nitrogens is 10. The number of hydrogen-bond acceptors (Lipinski definition) is 20. The van der Waals surface area contributed by atoms with Gasteiger partial charge in [0, 0.05) is 107 Å². The second-order valence-electron chi connectivity index (χ2n) is 32.1. The number of benzene rings is 7.